The lowest BCUT2D eigenvalue weighted by Crippen LogP contribution is -2.44. The van der Waals surface area contributed by atoms with Gasteiger partial charge in [-0.3, -0.25) is 4.79 Å². The van der Waals surface area contributed by atoms with Crippen molar-refractivity contribution in [3.63, 3.8) is 0 Å². The molecule has 1 unspecified atom stereocenters. The Bertz CT molecular complexity index is 350. The third kappa shape index (κ3) is 3.70. The van der Waals surface area contributed by atoms with Crippen LogP contribution in [-0.4, -0.2) is 29.7 Å². The van der Waals surface area contributed by atoms with Gasteiger partial charge in [-0.05, 0) is 44.1 Å². The first-order valence-electron chi connectivity index (χ1n) is 7.70. The molecule has 0 aromatic carbocycles. The van der Waals surface area contributed by atoms with Crippen LogP contribution in [0.5, 0.6) is 0 Å². The highest BCUT2D eigenvalue weighted by Gasteiger charge is 2.54. The summed E-state index contributed by atoms with van der Waals surface area (Å²) < 4.78 is 5.80. The summed E-state index contributed by atoms with van der Waals surface area (Å²) >= 11 is 0. The molecule has 6 atom stereocenters. The van der Waals surface area contributed by atoms with Crippen LogP contribution in [-0.2, 0) is 9.53 Å². The van der Waals surface area contributed by atoms with Crippen LogP contribution in [0, 0.1) is 23.7 Å². The molecule has 0 spiro atoms. The minimum absolute atomic E-state index is 0.106. The molecule has 0 aromatic heterocycles. The summed E-state index contributed by atoms with van der Waals surface area (Å²) in [6.07, 6.45) is 3.62. The van der Waals surface area contributed by atoms with Crippen LogP contribution >= 0.6 is 0 Å². The second kappa shape index (κ2) is 6.86. The molecule has 0 bridgehead atoms. The lowest BCUT2D eigenvalue weighted by atomic mass is 9.72. The Kier molecular flexibility index (Phi) is 5.96. The van der Waals surface area contributed by atoms with Crippen molar-refractivity contribution in [1.29, 1.82) is 0 Å². The van der Waals surface area contributed by atoms with E-state index in [2.05, 4.69) is 27.4 Å². The molecule has 1 fully saturated rings. The summed E-state index contributed by atoms with van der Waals surface area (Å²) in [5.74, 6) is 1.38. The fourth-order valence-corrected chi connectivity index (χ4v) is 3.76. The molecule has 0 aromatic rings. The minimum Gasteiger partial charge on any atom is -0.393 e. The van der Waals surface area contributed by atoms with Gasteiger partial charge in [-0.25, -0.2) is 0 Å². The molecule has 1 aliphatic rings. The SMILES string of the molecule is C=CC(=O)[C@H]1C[C@H]1C([C@H](C)CC)[C@@](C)(C[C@@H](C)O)OC. The molecule has 0 radical (unpaired) electrons. The Labute approximate surface area is 123 Å². The highest BCUT2D eigenvalue weighted by Crippen LogP contribution is 2.53. The predicted octanol–water partition coefficient (Wildman–Crippen LogP) is 3.22. The number of methoxy groups -OCH3 is 1. The number of aliphatic hydroxyl groups excluding tert-OH is 1. The van der Waals surface area contributed by atoms with Gasteiger partial charge in [-0.1, -0.05) is 26.8 Å². The van der Waals surface area contributed by atoms with Crippen LogP contribution in [0.15, 0.2) is 12.7 Å². The van der Waals surface area contributed by atoms with Crippen LogP contribution in [0.1, 0.15) is 47.0 Å². The van der Waals surface area contributed by atoms with Crippen molar-refractivity contribution in [2.75, 3.05) is 7.11 Å². The van der Waals surface area contributed by atoms with Crippen molar-refractivity contribution >= 4 is 5.78 Å². The van der Waals surface area contributed by atoms with Crippen molar-refractivity contribution in [1.82, 2.24) is 0 Å². The Hall–Kier alpha value is -0.670. The zero-order chi connectivity index (χ0) is 15.5. The summed E-state index contributed by atoms with van der Waals surface area (Å²) in [5, 5.41) is 9.78. The highest BCUT2D eigenvalue weighted by molar-refractivity contribution is 5.93. The molecule has 1 rings (SSSR count). The average Bonchev–Trinajstić information content (AvgIpc) is 3.16. The van der Waals surface area contributed by atoms with Gasteiger partial charge in [0.2, 0.25) is 0 Å². The summed E-state index contributed by atoms with van der Waals surface area (Å²) in [4.78, 5) is 11.8. The molecular weight excluding hydrogens is 252 g/mol. The average molecular weight is 282 g/mol. The minimum atomic E-state index is -0.404. The van der Waals surface area contributed by atoms with Crippen LogP contribution in [0.4, 0.5) is 0 Å². The zero-order valence-electron chi connectivity index (χ0n) is 13.6. The van der Waals surface area contributed by atoms with E-state index < -0.39 is 6.10 Å². The van der Waals surface area contributed by atoms with E-state index in [0.717, 1.165) is 12.8 Å². The largest absolute Gasteiger partial charge is 0.393 e. The summed E-state index contributed by atoms with van der Waals surface area (Å²) in [6.45, 7) is 11.8. The first-order valence-corrected chi connectivity index (χ1v) is 7.70. The molecule has 3 heteroatoms. The summed E-state index contributed by atoms with van der Waals surface area (Å²) in [5.41, 5.74) is -0.384. The molecule has 0 saturated heterocycles. The molecule has 0 amide bonds. The molecule has 1 saturated carbocycles. The van der Waals surface area contributed by atoms with E-state index in [-0.39, 0.29) is 17.3 Å². The third-order valence-electron chi connectivity index (χ3n) is 5.00. The number of carbonyl (C=O) groups is 1. The number of hydrogen-bond acceptors (Lipinski definition) is 3. The van der Waals surface area contributed by atoms with E-state index in [1.54, 1.807) is 14.0 Å². The Morgan fingerprint density at radius 1 is 1.55 bits per heavy atom. The second-order valence-electron chi connectivity index (χ2n) is 6.59. The lowest BCUT2D eigenvalue weighted by Gasteiger charge is -2.41. The zero-order valence-corrected chi connectivity index (χ0v) is 13.6. The van der Waals surface area contributed by atoms with Crippen LogP contribution in [0.25, 0.3) is 0 Å². The number of carbonyl (C=O) groups excluding carboxylic acids is 1. The van der Waals surface area contributed by atoms with Crippen molar-refractivity contribution in [3.8, 4) is 0 Å². The van der Waals surface area contributed by atoms with E-state index in [1.807, 2.05) is 0 Å². The van der Waals surface area contributed by atoms with Gasteiger partial charge < -0.3 is 9.84 Å². The van der Waals surface area contributed by atoms with E-state index in [9.17, 15) is 9.90 Å². The summed E-state index contributed by atoms with van der Waals surface area (Å²) in [7, 11) is 1.71. The molecule has 1 N–H and O–H groups in total. The van der Waals surface area contributed by atoms with Gasteiger partial charge in [0.25, 0.3) is 0 Å². The molecule has 1 aliphatic carbocycles. The monoisotopic (exact) mass is 282 g/mol. The smallest absolute Gasteiger partial charge is 0.158 e. The van der Waals surface area contributed by atoms with Gasteiger partial charge in [0.1, 0.15) is 0 Å². The number of allylic oxidation sites excluding steroid dienone is 1. The van der Waals surface area contributed by atoms with Gasteiger partial charge >= 0.3 is 0 Å². The second-order valence-corrected chi connectivity index (χ2v) is 6.59. The van der Waals surface area contributed by atoms with Crippen molar-refractivity contribution in [2.45, 2.75) is 58.7 Å². The Morgan fingerprint density at radius 3 is 2.55 bits per heavy atom. The summed E-state index contributed by atoms with van der Waals surface area (Å²) in [6, 6.07) is 0. The normalized spacial score (nSPS) is 29.1. The maximum atomic E-state index is 11.8. The number of aliphatic hydroxyl groups is 1. The van der Waals surface area contributed by atoms with Gasteiger partial charge in [0.15, 0.2) is 5.78 Å². The van der Waals surface area contributed by atoms with Gasteiger partial charge in [0.05, 0.1) is 11.7 Å². The fourth-order valence-electron chi connectivity index (χ4n) is 3.76. The van der Waals surface area contributed by atoms with Crippen LogP contribution in [0.2, 0.25) is 0 Å². The van der Waals surface area contributed by atoms with Crippen LogP contribution in [0.3, 0.4) is 0 Å². The quantitative estimate of drug-likeness (QED) is 0.661. The van der Waals surface area contributed by atoms with Gasteiger partial charge in [0, 0.05) is 19.4 Å². The number of ether oxygens (including phenoxy) is 1. The highest BCUT2D eigenvalue weighted by atomic mass is 16.5. The van der Waals surface area contributed by atoms with Gasteiger partial charge in [-0.2, -0.15) is 0 Å². The van der Waals surface area contributed by atoms with E-state index in [1.165, 1.54) is 6.08 Å². The standard InChI is InChI=1S/C17H30O3/c1-7-11(3)16(14-9-13(14)15(19)8-2)17(5,20-6)10-12(4)18/h8,11-14,16,18H,2,7,9-10H2,1,3-6H3/t11-,12-,13+,14-,16?,17-/m1/s1. The third-order valence-corrected chi connectivity index (χ3v) is 5.00. The molecule has 0 aliphatic heterocycles. The van der Waals surface area contributed by atoms with E-state index in [4.69, 9.17) is 4.74 Å². The number of hydrogen-bond donors (Lipinski definition) is 1. The van der Waals surface area contributed by atoms with E-state index >= 15 is 0 Å². The first-order chi connectivity index (χ1) is 9.30. The number of rotatable bonds is 9. The Balaban J connectivity index is 2.95. The maximum Gasteiger partial charge on any atom is 0.158 e. The fraction of sp³-hybridized carbons (Fsp3) is 0.824. The molecule has 116 valence electrons. The Morgan fingerprint density at radius 2 is 2.15 bits per heavy atom. The van der Waals surface area contributed by atoms with Crippen molar-refractivity contribution in [2.24, 2.45) is 23.7 Å². The molecule has 0 heterocycles. The predicted molar refractivity (Wildman–Crippen MR) is 81.5 cm³/mol. The molecular formula is C17H30O3. The van der Waals surface area contributed by atoms with E-state index in [0.29, 0.717) is 24.2 Å². The van der Waals surface area contributed by atoms with Gasteiger partial charge in [-0.15, -0.1) is 0 Å². The number of ketones is 1. The lowest BCUT2D eigenvalue weighted by molar-refractivity contribution is -0.118. The maximum absolute atomic E-state index is 11.8. The van der Waals surface area contributed by atoms with Crippen LogP contribution < -0.4 is 0 Å². The molecule has 3 nitrogen and oxygen atoms in total. The topological polar surface area (TPSA) is 46.5 Å². The first kappa shape index (κ1) is 17.4. The van der Waals surface area contributed by atoms with Crippen molar-refractivity contribution < 1.29 is 14.6 Å². The molecule has 20 heavy (non-hydrogen) atoms. The van der Waals surface area contributed by atoms with Crippen molar-refractivity contribution in [3.05, 3.63) is 12.7 Å².